The predicted octanol–water partition coefficient (Wildman–Crippen LogP) is 2.42. The van der Waals surface area contributed by atoms with Gasteiger partial charge in [0.2, 0.25) is 0 Å². The summed E-state index contributed by atoms with van der Waals surface area (Å²) in [6, 6.07) is 7.29. The van der Waals surface area contributed by atoms with Crippen molar-refractivity contribution in [2.45, 2.75) is 44.2 Å². The van der Waals surface area contributed by atoms with Gasteiger partial charge in [0.15, 0.2) is 0 Å². The summed E-state index contributed by atoms with van der Waals surface area (Å²) >= 11 is 0. The molecule has 6 heteroatoms. The van der Waals surface area contributed by atoms with Crippen molar-refractivity contribution >= 4 is 16.7 Å². The van der Waals surface area contributed by atoms with Crippen LogP contribution in [0.25, 0.3) is 10.8 Å². The lowest BCUT2D eigenvalue weighted by molar-refractivity contribution is -0.0886. The Morgan fingerprint density at radius 3 is 2.82 bits per heavy atom. The van der Waals surface area contributed by atoms with Crippen LogP contribution in [0.1, 0.15) is 42.5 Å². The van der Waals surface area contributed by atoms with E-state index in [0.29, 0.717) is 49.0 Å². The second-order valence-electron chi connectivity index (χ2n) is 8.13. The smallest absolute Gasteiger partial charge is 0.258 e. The molecular weight excluding hydrogens is 356 g/mol. The Hall–Kier alpha value is -2.18. The minimum atomic E-state index is -0.617. The van der Waals surface area contributed by atoms with Gasteiger partial charge in [0.25, 0.3) is 11.5 Å². The Labute approximate surface area is 164 Å². The molecule has 2 fully saturated rings. The van der Waals surface area contributed by atoms with Crippen LogP contribution in [0.5, 0.6) is 0 Å². The van der Waals surface area contributed by atoms with Gasteiger partial charge in [0.1, 0.15) is 0 Å². The van der Waals surface area contributed by atoms with E-state index in [1.807, 2.05) is 23.1 Å². The van der Waals surface area contributed by atoms with E-state index in [1.165, 1.54) is 0 Å². The lowest BCUT2D eigenvalue weighted by atomic mass is 9.71. The van der Waals surface area contributed by atoms with Gasteiger partial charge in [-0.05, 0) is 25.3 Å². The molecule has 0 spiro atoms. The Kier molecular flexibility index (Phi) is 5.25. The van der Waals surface area contributed by atoms with E-state index in [-0.39, 0.29) is 17.4 Å². The molecule has 2 heterocycles. The molecule has 4 rings (SSSR count). The molecule has 0 bridgehead atoms. The van der Waals surface area contributed by atoms with E-state index in [9.17, 15) is 14.7 Å². The van der Waals surface area contributed by atoms with Crippen molar-refractivity contribution in [1.29, 1.82) is 0 Å². The van der Waals surface area contributed by atoms with Crippen molar-refractivity contribution in [3.8, 4) is 0 Å². The third kappa shape index (κ3) is 3.35. The molecule has 1 aromatic heterocycles. The second-order valence-corrected chi connectivity index (χ2v) is 8.13. The van der Waals surface area contributed by atoms with Crippen LogP contribution in [-0.2, 0) is 11.3 Å². The number of pyridine rings is 1. The van der Waals surface area contributed by atoms with E-state index in [0.717, 1.165) is 25.7 Å². The van der Waals surface area contributed by atoms with E-state index < -0.39 is 5.60 Å². The van der Waals surface area contributed by atoms with Crippen LogP contribution < -0.4 is 5.56 Å². The summed E-state index contributed by atoms with van der Waals surface area (Å²) in [4.78, 5) is 28.1. The van der Waals surface area contributed by atoms with Crippen molar-refractivity contribution in [3.63, 3.8) is 0 Å². The van der Waals surface area contributed by atoms with Crippen molar-refractivity contribution in [2.75, 3.05) is 26.8 Å². The van der Waals surface area contributed by atoms with Crippen molar-refractivity contribution < 1.29 is 14.6 Å². The van der Waals surface area contributed by atoms with Gasteiger partial charge in [-0.1, -0.05) is 31.0 Å². The van der Waals surface area contributed by atoms with Gasteiger partial charge in [-0.3, -0.25) is 9.59 Å². The largest absolute Gasteiger partial charge is 0.389 e. The SMILES string of the molecule is COCCn1cc(C(=O)N2CC[C@]3(O)CCCC[C@H]3C2)c2ccccc2c1=O. The van der Waals surface area contributed by atoms with Gasteiger partial charge < -0.3 is 19.3 Å². The number of hydrogen-bond donors (Lipinski definition) is 1. The summed E-state index contributed by atoms with van der Waals surface area (Å²) in [5.41, 5.74) is -0.175. The summed E-state index contributed by atoms with van der Waals surface area (Å²) in [6.07, 6.45) is 6.28. The summed E-state index contributed by atoms with van der Waals surface area (Å²) in [5, 5.41) is 12.2. The van der Waals surface area contributed by atoms with E-state index >= 15 is 0 Å². The first-order valence-electron chi connectivity index (χ1n) is 10.2. The first kappa shape index (κ1) is 19.2. The summed E-state index contributed by atoms with van der Waals surface area (Å²) in [7, 11) is 1.59. The minimum Gasteiger partial charge on any atom is -0.389 e. The fourth-order valence-corrected chi connectivity index (χ4v) is 4.80. The lowest BCUT2D eigenvalue weighted by Crippen LogP contribution is -2.54. The number of likely N-dealkylation sites (tertiary alicyclic amines) is 1. The van der Waals surface area contributed by atoms with Crippen molar-refractivity contribution in [1.82, 2.24) is 9.47 Å². The van der Waals surface area contributed by atoms with Crippen LogP contribution in [0, 0.1) is 5.92 Å². The van der Waals surface area contributed by atoms with Gasteiger partial charge in [-0.2, -0.15) is 0 Å². The highest BCUT2D eigenvalue weighted by atomic mass is 16.5. The van der Waals surface area contributed by atoms with Crippen LogP contribution in [-0.4, -0.2) is 52.9 Å². The van der Waals surface area contributed by atoms with Gasteiger partial charge in [0.05, 0.1) is 17.8 Å². The van der Waals surface area contributed by atoms with Gasteiger partial charge >= 0.3 is 0 Å². The molecule has 1 aromatic carbocycles. The maximum Gasteiger partial charge on any atom is 0.258 e. The van der Waals surface area contributed by atoms with Crippen LogP contribution in [0.3, 0.4) is 0 Å². The van der Waals surface area contributed by atoms with Gasteiger partial charge in [0, 0.05) is 49.6 Å². The molecule has 1 aliphatic carbocycles. The van der Waals surface area contributed by atoms with Gasteiger partial charge in [-0.15, -0.1) is 0 Å². The number of fused-ring (bicyclic) bond motifs is 2. The zero-order valence-electron chi connectivity index (χ0n) is 16.4. The fraction of sp³-hybridized carbons (Fsp3) is 0.545. The van der Waals surface area contributed by atoms with E-state index in [1.54, 1.807) is 23.9 Å². The van der Waals surface area contributed by atoms with Crippen LogP contribution in [0.4, 0.5) is 0 Å². The third-order valence-corrected chi connectivity index (χ3v) is 6.47. The molecule has 6 nitrogen and oxygen atoms in total. The first-order valence-corrected chi connectivity index (χ1v) is 10.2. The number of carbonyl (C=O) groups is 1. The number of aromatic nitrogens is 1. The monoisotopic (exact) mass is 384 g/mol. The maximum atomic E-state index is 13.4. The molecule has 150 valence electrons. The number of benzene rings is 1. The highest BCUT2D eigenvalue weighted by Gasteiger charge is 2.44. The first-order chi connectivity index (χ1) is 13.5. The van der Waals surface area contributed by atoms with Gasteiger partial charge in [-0.25, -0.2) is 0 Å². The number of aliphatic hydroxyl groups is 1. The van der Waals surface area contributed by atoms with Crippen LogP contribution >= 0.6 is 0 Å². The molecule has 1 amide bonds. The topological polar surface area (TPSA) is 71.8 Å². The zero-order valence-corrected chi connectivity index (χ0v) is 16.4. The molecule has 28 heavy (non-hydrogen) atoms. The van der Waals surface area contributed by atoms with Crippen LogP contribution in [0.2, 0.25) is 0 Å². The average Bonchev–Trinajstić information content (AvgIpc) is 2.72. The normalized spacial score (nSPS) is 24.9. The Morgan fingerprint density at radius 2 is 2.04 bits per heavy atom. The Bertz CT molecular complexity index is 938. The third-order valence-electron chi connectivity index (χ3n) is 6.47. The predicted molar refractivity (Wildman–Crippen MR) is 108 cm³/mol. The fourth-order valence-electron chi connectivity index (χ4n) is 4.80. The quantitative estimate of drug-likeness (QED) is 0.879. The molecule has 2 aliphatic rings. The van der Waals surface area contributed by atoms with Crippen molar-refractivity contribution in [2.24, 2.45) is 5.92 Å². The Balaban J connectivity index is 1.69. The second kappa shape index (κ2) is 7.68. The zero-order chi connectivity index (χ0) is 19.7. The van der Waals surface area contributed by atoms with Crippen molar-refractivity contribution in [3.05, 3.63) is 46.4 Å². The molecule has 1 saturated heterocycles. The number of rotatable bonds is 4. The van der Waals surface area contributed by atoms with Crippen LogP contribution in [0.15, 0.2) is 35.3 Å². The molecular formula is C22H28N2O4. The number of carbonyl (C=O) groups excluding carboxylic acids is 1. The number of nitrogens with zero attached hydrogens (tertiary/aromatic N) is 2. The van der Waals surface area contributed by atoms with E-state index in [4.69, 9.17) is 4.74 Å². The molecule has 1 N–H and O–H groups in total. The standard InChI is InChI=1S/C22H28N2O4/c1-28-13-12-24-15-19(17-7-2-3-8-18(17)20(24)25)21(26)23-11-10-22(27)9-5-4-6-16(22)14-23/h2-3,7-8,15-16,27H,4-6,9-14H2,1H3/t16-,22+/m0/s1. The van der Waals surface area contributed by atoms with E-state index in [2.05, 4.69) is 0 Å². The lowest BCUT2D eigenvalue weighted by Gasteiger charge is -2.47. The summed E-state index contributed by atoms with van der Waals surface area (Å²) in [6.45, 7) is 1.95. The molecule has 1 aliphatic heterocycles. The minimum absolute atomic E-state index is 0.0602. The molecule has 0 unspecified atom stereocenters. The molecule has 0 radical (unpaired) electrons. The molecule has 2 aromatic rings. The summed E-state index contributed by atoms with van der Waals surface area (Å²) < 4.78 is 6.69. The number of piperidine rings is 1. The molecule has 1 saturated carbocycles. The number of amides is 1. The number of ether oxygens (including phenoxy) is 1. The summed E-state index contributed by atoms with van der Waals surface area (Å²) in [5.74, 6) is 0.0830. The number of methoxy groups -OCH3 is 1. The highest BCUT2D eigenvalue weighted by molar-refractivity contribution is 6.06. The maximum absolute atomic E-state index is 13.4. The Morgan fingerprint density at radius 1 is 1.25 bits per heavy atom. The molecule has 2 atom stereocenters. The highest BCUT2D eigenvalue weighted by Crippen LogP contribution is 2.40. The average molecular weight is 384 g/mol. The number of hydrogen-bond acceptors (Lipinski definition) is 4.